The van der Waals surface area contributed by atoms with Crippen LogP contribution in [-0.4, -0.2) is 22.8 Å². The number of hydrogen-bond acceptors (Lipinski definition) is 3. The van der Waals surface area contributed by atoms with Crippen molar-refractivity contribution in [1.29, 1.82) is 0 Å². The minimum atomic E-state index is -0.648. The van der Waals surface area contributed by atoms with Crippen LogP contribution < -0.4 is 10.6 Å². The Morgan fingerprint density at radius 2 is 1.89 bits per heavy atom. The fraction of sp³-hybridized carbons (Fsp3) is 0.214. The van der Waals surface area contributed by atoms with Crippen molar-refractivity contribution in [2.24, 2.45) is 0 Å². The summed E-state index contributed by atoms with van der Waals surface area (Å²) in [4.78, 5) is 27.6. The summed E-state index contributed by atoms with van der Waals surface area (Å²) in [5.41, 5.74) is 1.23. The molecule has 1 aliphatic rings. The Morgan fingerprint density at radius 1 is 1.11 bits per heavy atom. The first-order valence-corrected chi connectivity index (χ1v) is 6.19. The van der Waals surface area contributed by atoms with Crippen LogP contribution in [0.25, 0.3) is 10.9 Å². The van der Waals surface area contributed by atoms with Crippen molar-refractivity contribution in [2.45, 2.75) is 18.9 Å². The van der Waals surface area contributed by atoms with E-state index in [1.165, 1.54) is 0 Å². The highest BCUT2D eigenvalue weighted by atomic mass is 16.2. The molecule has 1 aromatic carbocycles. The third-order valence-electron chi connectivity index (χ3n) is 3.00. The molecule has 0 atom stereocenters. The van der Waals surface area contributed by atoms with E-state index in [4.69, 9.17) is 0 Å². The number of benzene rings is 1. The number of hydrogen-bond donors (Lipinski definition) is 2. The number of fused-ring (bicyclic) bond motifs is 1. The molecule has 2 amide bonds. The molecule has 2 aromatic rings. The number of carbonyl (C=O) groups excluding carboxylic acids is 2. The van der Waals surface area contributed by atoms with Gasteiger partial charge in [-0.1, -0.05) is 18.2 Å². The molecule has 5 nitrogen and oxygen atoms in total. The van der Waals surface area contributed by atoms with Gasteiger partial charge in [0.2, 0.25) is 0 Å². The van der Waals surface area contributed by atoms with Crippen LogP contribution in [0.3, 0.4) is 0 Å². The van der Waals surface area contributed by atoms with E-state index >= 15 is 0 Å². The molecule has 5 heteroatoms. The standard InChI is InChI=1S/C14H13N3O2/c18-13(16-10-6-7-10)14(19)17-11-5-1-3-9-4-2-8-15-12(9)11/h1-5,8,10H,6-7H2,(H,16,18)(H,17,19). The Hall–Kier alpha value is -2.43. The van der Waals surface area contributed by atoms with Gasteiger partial charge in [0, 0.05) is 17.6 Å². The highest BCUT2D eigenvalue weighted by Gasteiger charge is 2.26. The Morgan fingerprint density at radius 3 is 2.68 bits per heavy atom. The molecule has 1 heterocycles. The largest absolute Gasteiger partial charge is 0.345 e. The Kier molecular flexibility index (Phi) is 2.87. The molecule has 1 aliphatic carbocycles. The molecule has 3 rings (SSSR count). The number of anilines is 1. The lowest BCUT2D eigenvalue weighted by Gasteiger charge is -2.07. The number of nitrogens with one attached hydrogen (secondary N) is 2. The maximum atomic E-state index is 11.8. The van der Waals surface area contributed by atoms with Crippen molar-refractivity contribution in [3.05, 3.63) is 36.5 Å². The monoisotopic (exact) mass is 255 g/mol. The molecule has 0 bridgehead atoms. The average molecular weight is 255 g/mol. The number of aromatic nitrogens is 1. The average Bonchev–Trinajstić information content (AvgIpc) is 3.23. The molecule has 1 fully saturated rings. The lowest BCUT2D eigenvalue weighted by Crippen LogP contribution is -2.36. The molecular weight excluding hydrogens is 242 g/mol. The molecule has 96 valence electrons. The zero-order chi connectivity index (χ0) is 13.2. The van der Waals surface area contributed by atoms with Crippen LogP contribution in [0.1, 0.15) is 12.8 Å². The maximum absolute atomic E-state index is 11.8. The highest BCUT2D eigenvalue weighted by molar-refractivity contribution is 6.40. The Balaban J connectivity index is 1.80. The van der Waals surface area contributed by atoms with Crippen molar-refractivity contribution in [2.75, 3.05) is 5.32 Å². The van der Waals surface area contributed by atoms with Gasteiger partial charge in [0.1, 0.15) is 0 Å². The number of para-hydroxylation sites is 1. The Bertz CT molecular complexity index is 645. The highest BCUT2D eigenvalue weighted by Crippen LogP contribution is 2.21. The van der Waals surface area contributed by atoms with Crippen molar-refractivity contribution < 1.29 is 9.59 Å². The van der Waals surface area contributed by atoms with Gasteiger partial charge in [-0.25, -0.2) is 0 Å². The third-order valence-corrected chi connectivity index (χ3v) is 3.00. The van der Waals surface area contributed by atoms with Gasteiger partial charge in [0.25, 0.3) is 0 Å². The molecule has 1 aromatic heterocycles. The number of pyridine rings is 1. The van der Waals surface area contributed by atoms with E-state index < -0.39 is 11.8 Å². The number of nitrogens with zero attached hydrogens (tertiary/aromatic N) is 1. The van der Waals surface area contributed by atoms with Gasteiger partial charge in [0.15, 0.2) is 0 Å². The lowest BCUT2D eigenvalue weighted by atomic mass is 10.2. The van der Waals surface area contributed by atoms with Crippen molar-refractivity contribution >= 4 is 28.4 Å². The summed E-state index contributed by atoms with van der Waals surface area (Å²) in [6.45, 7) is 0. The van der Waals surface area contributed by atoms with E-state index in [0.29, 0.717) is 11.2 Å². The third kappa shape index (κ3) is 2.54. The van der Waals surface area contributed by atoms with Crippen molar-refractivity contribution in [3.63, 3.8) is 0 Å². The smallest absolute Gasteiger partial charge is 0.313 e. The summed E-state index contributed by atoms with van der Waals surface area (Å²) in [6, 6.07) is 9.36. The van der Waals surface area contributed by atoms with Crippen LogP contribution >= 0.6 is 0 Å². The van der Waals surface area contributed by atoms with Crippen LogP contribution in [0, 0.1) is 0 Å². The molecule has 1 saturated carbocycles. The minimum absolute atomic E-state index is 0.170. The fourth-order valence-electron chi connectivity index (χ4n) is 1.86. The molecule has 0 radical (unpaired) electrons. The van der Waals surface area contributed by atoms with Gasteiger partial charge in [0.05, 0.1) is 11.2 Å². The first kappa shape index (κ1) is 11.6. The van der Waals surface area contributed by atoms with Gasteiger partial charge < -0.3 is 10.6 Å². The summed E-state index contributed by atoms with van der Waals surface area (Å²) < 4.78 is 0. The van der Waals surface area contributed by atoms with Crippen LogP contribution in [0.15, 0.2) is 36.5 Å². The zero-order valence-corrected chi connectivity index (χ0v) is 10.2. The van der Waals surface area contributed by atoms with E-state index in [-0.39, 0.29) is 6.04 Å². The normalized spacial score (nSPS) is 14.1. The molecule has 0 aliphatic heterocycles. The topological polar surface area (TPSA) is 71.1 Å². The van der Waals surface area contributed by atoms with Crippen LogP contribution in [0.4, 0.5) is 5.69 Å². The summed E-state index contributed by atoms with van der Waals surface area (Å²) in [6.07, 6.45) is 3.56. The second-order valence-electron chi connectivity index (χ2n) is 4.58. The summed E-state index contributed by atoms with van der Waals surface area (Å²) in [5.74, 6) is -1.24. The molecule has 2 N–H and O–H groups in total. The van der Waals surface area contributed by atoms with Crippen LogP contribution in [0.2, 0.25) is 0 Å². The molecule has 0 spiro atoms. The van der Waals surface area contributed by atoms with Gasteiger partial charge in [-0.05, 0) is 25.0 Å². The van der Waals surface area contributed by atoms with Crippen molar-refractivity contribution in [3.8, 4) is 0 Å². The minimum Gasteiger partial charge on any atom is -0.345 e. The van der Waals surface area contributed by atoms with E-state index in [1.807, 2.05) is 24.3 Å². The number of rotatable bonds is 2. The van der Waals surface area contributed by atoms with Crippen LogP contribution in [0.5, 0.6) is 0 Å². The zero-order valence-electron chi connectivity index (χ0n) is 10.2. The maximum Gasteiger partial charge on any atom is 0.313 e. The molecule has 0 saturated heterocycles. The summed E-state index contributed by atoms with van der Waals surface area (Å²) in [7, 11) is 0. The predicted molar refractivity (Wildman–Crippen MR) is 71.5 cm³/mol. The fourth-order valence-corrected chi connectivity index (χ4v) is 1.86. The predicted octanol–water partition coefficient (Wildman–Crippen LogP) is 1.45. The van der Waals surface area contributed by atoms with Gasteiger partial charge in [-0.3, -0.25) is 14.6 Å². The number of amides is 2. The van der Waals surface area contributed by atoms with Gasteiger partial charge in [-0.15, -0.1) is 0 Å². The van der Waals surface area contributed by atoms with Gasteiger partial charge in [-0.2, -0.15) is 0 Å². The molecule has 19 heavy (non-hydrogen) atoms. The first-order chi connectivity index (χ1) is 9.24. The summed E-state index contributed by atoms with van der Waals surface area (Å²) in [5, 5.41) is 6.17. The van der Waals surface area contributed by atoms with E-state index in [2.05, 4.69) is 15.6 Å². The second-order valence-corrected chi connectivity index (χ2v) is 4.58. The van der Waals surface area contributed by atoms with Gasteiger partial charge >= 0.3 is 11.8 Å². The van der Waals surface area contributed by atoms with Crippen molar-refractivity contribution in [1.82, 2.24) is 10.3 Å². The quantitative estimate of drug-likeness (QED) is 0.798. The van der Waals surface area contributed by atoms with E-state index in [1.54, 1.807) is 12.3 Å². The van der Waals surface area contributed by atoms with E-state index in [9.17, 15) is 9.59 Å². The van der Waals surface area contributed by atoms with E-state index in [0.717, 1.165) is 18.2 Å². The first-order valence-electron chi connectivity index (χ1n) is 6.19. The molecular formula is C14H13N3O2. The lowest BCUT2D eigenvalue weighted by molar-refractivity contribution is -0.136. The van der Waals surface area contributed by atoms with Crippen LogP contribution in [-0.2, 0) is 9.59 Å². The molecule has 0 unspecified atom stereocenters. The summed E-state index contributed by atoms with van der Waals surface area (Å²) >= 11 is 0. The second kappa shape index (κ2) is 4.68. The SMILES string of the molecule is O=C(Nc1cccc2cccnc12)C(=O)NC1CC1. The number of carbonyl (C=O) groups is 2. The Labute approximate surface area is 110 Å².